The van der Waals surface area contributed by atoms with Crippen LogP contribution >= 0.6 is 11.3 Å². The van der Waals surface area contributed by atoms with Crippen LogP contribution < -0.4 is 20.4 Å². The van der Waals surface area contributed by atoms with Crippen LogP contribution in [0.2, 0.25) is 0 Å². The number of hydrogen-bond acceptors (Lipinski definition) is 9. The standard InChI is InChI=1S/C30H31N7O3S/c1-21-20-41-29(26(21)28(39)35-33-18-22-7-9-25(40-2)10-8-22)34-27(38)24-6-3-5-23(17-24)19-36-13-15-37(16-14-36)30-31-11-4-12-32-30/h3-12,17-18,20H,13-16,19H2,1-2H3,(H,34,38)(H,35,39)/b33-18+. The second-order valence-electron chi connectivity index (χ2n) is 9.56. The summed E-state index contributed by atoms with van der Waals surface area (Å²) in [5, 5.41) is 9.32. The van der Waals surface area contributed by atoms with Gasteiger partial charge < -0.3 is 15.0 Å². The quantitative estimate of drug-likeness (QED) is 0.230. The van der Waals surface area contributed by atoms with Gasteiger partial charge in [0.1, 0.15) is 10.8 Å². The molecule has 0 saturated carbocycles. The zero-order valence-electron chi connectivity index (χ0n) is 22.9. The van der Waals surface area contributed by atoms with E-state index in [1.54, 1.807) is 31.8 Å². The van der Waals surface area contributed by atoms with Crippen molar-refractivity contribution < 1.29 is 14.3 Å². The van der Waals surface area contributed by atoms with Gasteiger partial charge >= 0.3 is 0 Å². The number of piperazine rings is 1. The van der Waals surface area contributed by atoms with E-state index in [9.17, 15) is 9.59 Å². The number of carbonyl (C=O) groups excluding carboxylic acids is 2. The van der Waals surface area contributed by atoms with Crippen molar-refractivity contribution in [3.8, 4) is 5.75 Å². The van der Waals surface area contributed by atoms with E-state index in [0.717, 1.165) is 61.1 Å². The molecule has 210 valence electrons. The number of carbonyl (C=O) groups is 2. The molecular formula is C30H31N7O3S. The first kappa shape index (κ1) is 27.9. The van der Waals surface area contributed by atoms with Crippen molar-refractivity contribution >= 4 is 40.3 Å². The summed E-state index contributed by atoms with van der Waals surface area (Å²) >= 11 is 1.31. The zero-order chi connectivity index (χ0) is 28.6. The molecule has 3 heterocycles. The molecule has 41 heavy (non-hydrogen) atoms. The summed E-state index contributed by atoms with van der Waals surface area (Å²) < 4.78 is 5.15. The molecule has 0 bridgehead atoms. The fourth-order valence-corrected chi connectivity index (χ4v) is 5.47. The lowest BCUT2D eigenvalue weighted by Gasteiger charge is -2.34. The van der Waals surface area contributed by atoms with Crippen LogP contribution in [0.3, 0.4) is 0 Å². The van der Waals surface area contributed by atoms with E-state index in [0.29, 0.717) is 16.1 Å². The van der Waals surface area contributed by atoms with Crippen molar-refractivity contribution in [2.24, 2.45) is 5.10 Å². The molecule has 5 rings (SSSR count). The summed E-state index contributed by atoms with van der Waals surface area (Å²) in [5.74, 6) is 0.836. The SMILES string of the molecule is COc1ccc(/C=N/NC(=O)c2c(C)csc2NC(=O)c2cccc(CN3CCN(c4ncccn4)CC3)c2)cc1. The molecule has 4 aromatic rings. The average molecular weight is 570 g/mol. The van der Waals surface area contributed by atoms with Gasteiger partial charge in [0.15, 0.2) is 0 Å². The van der Waals surface area contributed by atoms with Crippen molar-refractivity contribution in [3.05, 3.63) is 100 Å². The molecule has 0 unspecified atom stereocenters. The molecule has 1 aliphatic rings. The molecule has 1 saturated heterocycles. The molecule has 0 radical (unpaired) electrons. The number of aryl methyl sites for hydroxylation is 1. The van der Waals surface area contributed by atoms with Crippen molar-refractivity contribution in [2.75, 3.05) is 43.5 Å². The Morgan fingerprint density at radius 1 is 1.02 bits per heavy atom. The summed E-state index contributed by atoms with van der Waals surface area (Å²) in [7, 11) is 1.60. The topological polar surface area (TPSA) is 112 Å². The molecule has 0 atom stereocenters. The Hall–Kier alpha value is -4.61. The second-order valence-corrected chi connectivity index (χ2v) is 10.4. The minimum atomic E-state index is -0.391. The molecule has 0 aliphatic carbocycles. The lowest BCUT2D eigenvalue weighted by Crippen LogP contribution is -2.46. The highest BCUT2D eigenvalue weighted by Crippen LogP contribution is 2.28. The lowest BCUT2D eigenvalue weighted by atomic mass is 10.1. The van der Waals surface area contributed by atoms with E-state index in [2.05, 4.69) is 35.6 Å². The normalized spacial score (nSPS) is 13.8. The van der Waals surface area contributed by atoms with Gasteiger partial charge in [-0.05, 0) is 71.5 Å². The fraction of sp³-hybridized carbons (Fsp3) is 0.233. The van der Waals surface area contributed by atoms with Crippen molar-refractivity contribution in [1.82, 2.24) is 20.3 Å². The van der Waals surface area contributed by atoms with Crippen LogP contribution in [0, 0.1) is 6.92 Å². The molecule has 2 N–H and O–H groups in total. The third kappa shape index (κ3) is 7.13. The number of rotatable bonds is 9. The molecule has 0 spiro atoms. The van der Waals surface area contributed by atoms with Gasteiger partial charge in [0.25, 0.3) is 11.8 Å². The molecule has 2 amide bonds. The molecule has 1 fully saturated rings. The maximum absolute atomic E-state index is 13.2. The largest absolute Gasteiger partial charge is 0.497 e. The first-order chi connectivity index (χ1) is 20.0. The number of amides is 2. The number of methoxy groups -OCH3 is 1. The zero-order valence-corrected chi connectivity index (χ0v) is 23.7. The van der Waals surface area contributed by atoms with Gasteiger partial charge in [-0.1, -0.05) is 12.1 Å². The minimum Gasteiger partial charge on any atom is -0.497 e. The maximum Gasteiger partial charge on any atom is 0.274 e. The summed E-state index contributed by atoms with van der Waals surface area (Å²) in [6, 6.07) is 16.7. The van der Waals surface area contributed by atoms with Gasteiger partial charge in [0.05, 0.1) is 18.9 Å². The van der Waals surface area contributed by atoms with Gasteiger partial charge in [-0.2, -0.15) is 5.10 Å². The number of thiophene rings is 1. The first-order valence-corrected chi connectivity index (χ1v) is 14.1. The highest BCUT2D eigenvalue weighted by Gasteiger charge is 2.21. The predicted molar refractivity (Wildman–Crippen MR) is 161 cm³/mol. The highest BCUT2D eigenvalue weighted by molar-refractivity contribution is 7.15. The van der Waals surface area contributed by atoms with Crippen LogP contribution in [0.1, 0.15) is 37.4 Å². The van der Waals surface area contributed by atoms with Crippen LogP contribution in [0.4, 0.5) is 10.9 Å². The van der Waals surface area contributed by atoms with Crippen LogP contribution in [-0.2, 0) is 6.54 Å². The Labute approximate surface area is 242 Å². The summed E-state index contributed by atoms with van der Waals surface area (Å²) in [6.07, 6.45) is 5.07. The third-order valence-electron chi connectivity index (χ3n) is 6.73. The minimum absolute atomic E-state index is 0.268. The van der Waals surface area contributed by atoms with Crippen molar-refractivity contribution in [2.45, 2.75) is 13.5 Å². The molecular weight excluding hydrogens is 538 g/mol. The lowest BCUT2D eigenvalue weighted by molar-refractivity contribution is 0.0956. The molecule has 1 aliphatic heterocycles. The Morgan fingerprint density at radius 3 is 2.51 bits per heavy atom. The number of hydrazone groups is 1. The Morgan fingerprint density at radius 2 is 1.78 bits per heavy atom. The van der Waals surface area contributed by atoms with E-state index < -0.39 is 5.91 Å². The molecule has 2 aromatic heterocycles. The van der Waals surface area contributed by atoms with E-state index in [-0.39, 0.29) is 5.91 Å². The predicted octanol–water partition coefficient (Wildman–Crippen LogP) is 4.19. The smallest absolute Gasteiger partial charge is 0.274 e. The maximum atomic E-state index is 13.2. The highest BCUT2D eigenvalue weighted by atomic mass is 32.1. The van der Waals surface area contributed by atoms with Crippen LogP contribution in [0.25, 0.3) is 0 Å². The Kier molecular flexibility index (Phi) is 8.97. The Balaban J connectivity index is 1.18. The van der Waals surface area contributed by atoms with E-state index >= 15 is 0 Å². The number of anilines is 2. The fourth-order valence-electron chi connectivity index (χ4n) is 4.53. The van der Waals surface area contributed by atoms with Gasteiger partial charge in [-0.15, -0.1) is 11.3 Å². The molecule has 10 nitrogen and oxygen atoms in total. The monoisotopic (exact) mass is 569 g/mol. The van der Waals surface area contributed by atoms with Crippen LogP contribution in [0.5, 0.6) is 5.75 Å². The number of ether oxygens (including phenoxy) is 1. The number of aromatic nitrogens is 2. The number of nitrogens with zero attached hydrogens (tertiary/aromatic N) is 5. The van der Waals surface area contributed by atoms with E-state index in [4.69, 9.17) is 4.74 Å². The van der Waals surface area contributed by atoms with Crippen LogP contribution in [0.15, 0.2) is 77.5 Å². The Bertz CT molecular complexity index is 1510. The molecule has 2 aromatic carbocycles. The average Bonchev–Trinajstić information content (AvgIpc) is 3.38. The number of benzene rings is 2. The van der Waals surface area contributed by atoms with E-state index in [1.807, 2.05) is 60.8 Å². The molecule has 11 heteroatoms. The van der Waals surface area contributed by atoms with Crippen LogP contribution in [-0.4, -0.2) is 66.2 Å². The summed E-state index contributed by atoms with van der Waals surface area (Å²) in [4.78, 5) is 39.3. The van der Waals surface area contributed by atoms with E-state index in [1.165, 1.54) is 11.3 Å². The summed E-state index contributed by atoms with van der Waals surface area (Å²) in [6.45, 7) is 6.01. The number of hydrogen-bond donors (Lipinski definition) is 2. The second kappa shape index (κ2) is 13.2. The van der Waals surface area contributed by atoms with Crippen molar-refractivity contribution in [1.29, 1.82) is 0 Å². The first-order valence-electron chi connectivity index (χ1n) is 13.2. The van der Waals surface area contributed by atoms with Gasteiger partial charge in [0, 0.05) is 50.7 Å². The van der Waals surface area contributed by atoms with Crippen molar-refractivity contribution in [3.63, 3.8) is 0 Å². The van der Waals surface area contributed by atoms with Gasteiger partial charge in [0.2, 0.25) is 5.95 Å². The number of nitrogens with one attached hydrogen (secondary N) is 2. The third-order valence-corrected chi connectivity index (χ3v) is 7.74. The van der Waals surface area contributed by atoms with Gasteiger partial charge in [-0.25, -0.2) is 15.4 Å². The summed E-state index contributed by atoms with van der Waals surface area (Å²) in [5.41, 5.74) is 6.12. The van der Waals surface area contributed by atoms with Gasteiger partial charge in [-0.3, -0.25) is 14.5 Å².